The van der Waals surface area contributed by atoms with E-state index < -0.39 is 0 Å². The third-order valence-corrected chi connectivity index (χ3v) is 14.2. The molecule has 0 saturated carbocycles. The van der Waals surface area contributed by atoms with Crippen LogP contribution in [0.1, 0.15) is 47.8 Å². The second kappa shape index (κ2) is 14.9. The second-order valence-corrected chi connectivity index (χ2v) is 18.3. The van der Waals surface area contributed by atoms with Crippen LogP contribution in [0.4, 0.5) is 0 Å². The highest BCUT2D eigenvalue weighted by molar-refractivity contribution is 6.21. The first-order valence-electron chi connectivity index (χ1n) is 23.0. The van der Waals surface area contributed by atoms with E-state index in [0.717, 1.165) is 39.3 Å². The molecule has 11 aromatic rings. The minimum Gasteiger partial charge on any atom is -0.360 e. The summed E-state index contributed by atoms with van der Waals surface area (Å²) in [6.07, 6.45) is 1.98. The summed E-state index contributed by atoms with van der Waals surface area (Å²) in [4.78, 5) is 5.25. The van der Waals surface area contributed by atoms with Gasteiger partial charge in [-0.2, -0.15) is 0 Å². The SMILES string of the molecule is CC1(C)c2c(c3ccccc3c3ccccc23)-c2ccc3c4ccccc4n(-c4ccc(-c5cccc(C6=CC(c7ccc(-c8ccccc8)cc7)=NC(c7ccccc7)N6)c5)cc4)c3c21. The lowest BCUT2D eigenvalue weighted by atomic mass is 9.78. The predicted molar refractivity (Wildman–Crippen MR) is 278 cm³/mol. The van der Waals surface area contributed by atoms with Crippen LogP contribution in [0.25, 0.3) is 88.1 Å². The number of aromatic nitrogens is 1. The maximum atomic E-state index is 5.25. The first kappa shape index (κ1) is 38.2. The highest BCUT2D eigenvalue weighted by Crippen LogP contribution is 2.57. The topological polar surface area (TPSA) is 29.3 Å². The lowest BCUT2D eigenvalue weighted by Gasteiger charge is -2.25. The Bertz CT molecular complexity index is 3780. The maximum Gasteiger partial charge on any atom is 0.145 e. The van der Waals surface area contributed by atoms with Crippen LogP contribution < -0.4 is 5.32 Å². The second-order valence-electron chi connectivity index (χ2n) is 18.3. The van der Waals surface area contributed by atoms with Crippen molar-refractivity contribution in [3.05, 3.63) is 252 Å². The highest BCUT2D eigenvalue weighted by atomic mass is 15.1. The summed E-state index contributed by atoms with van der Waals surface area (Å²) >= 11 is 0. The maximum absolute atomic E-state index is 5.25. The van der Waals surface area contributed by atoms with E-state index in [0.29, 0.717) is 0 Å². The summed E-state index contributed by atoms with van der Waals surface area (Å²) in [6.45, 7) is 4.87. The van der Waals surface area contributed by atoms with Crippen molar-refractivity contribution in [2.45, 2.75) is 25.4 Å². The van der Waals surface area contributed by atoms with E-state index in [1.165, 1.54) is 82.3 Å². The summed E-state index contributed by atoms with van der Waals surface area (Å²) in [5.41, 5.74) is 19.0. The quantitative estimate of drug-likeness (QED) is 0.166. The molecule has 312 valence electrons. The monoisotopic (exact) mass is 843 g/mol. The van der Waals surface area contributed by atoms with Gasteiger partial charge in [0.25, 0.3) is 0 Å². The molecule has 3 nitrogen and oxygen atoms in total. The van der Waals surface area contributed by atoms with E-state index in [9.17, 15) is 0 Å². The van der Waals surface area contributed by atoms with Crippen LogP contribution in [0.3, 0.4) is 0 Å². The Kier molecular flexibility index (Phi) is 8.63. The van der Waals surface area contributed by atoms with Crippen molar-refractivity contribution in [3.8, 4) is 39.1 Å². The first-order chi connectivity index (χ1) is 32.5. The molecule has 0 spiro atoms. The zero-order chi connectivity index (χ0) is 43.9. The number of nitrogens with zero attached hydrogens (tertiary/aromatic N) is 2. The Morgan fingerprint density at radius 3 is 1.76 bits per heavy atom. The Morgan fingerprint density at radius 1 is 0.439 bits per heavy atom. The van der Waals surface area contributed by atoms with Gasteiger partial charge in [-0.15, -0.1) is 0 Å². The van der Waals surface area contributed by atoms with Crippen LogP contribution in [-0.2, 0) is 5.41 Å². The van der Waals surface area contributed by atoms with Crippen molar-refractivity contribution >= 4 is 54.8 Å². The summed E-state index contributed by atoms with van der Waals surface area (Å²) in [6, 6.07) is 79.5. The summed E-state index contributed by atoms with van der Waals surface area (Å²) < 4.78 is 2.52. The molecule has 0 bridgehead atoms. The number of fused-ring (bicyclic) bond motifs is 12. The van der Waals surface area contributed by atoms with Crippen LogP contribution in [-0.4, -0.2) is 10.3 Å². The normalized spacial score (nSPS) is 15.1. The molecule has 1 aromatic heterocycles. The van der Waals surface area contributed by atoms with Gasteiger partial charge in [-0.25, -0.2) is 0 Å². The predicted octanol–water partition coefficient (Wildman–Crippen LogP) is 15.9. The molecule has 13 rings (SSSR count). The zero-order valence-electron chi connectivity index (χ0n) is 36.8. The van der Waals surface area contributed by atoms with E-state index in [-0.39, 0.29) is 11.6 Å². The first-order valence-corrected chi connectivity index (χ1v) is 23.0. The van der Waals surface area contributed by atoms with Gasteiger partial charge in [0.1, 0.15) is 6.17 Å². The number of para-hydroxylation sites is 1. The number of hydrogen-bond acceptors (Lipinski definition) is 2. The van der Waals surface area contributed by atoms with Gasteiger partial charge in [-0.05, 0) is 113 Å². The molecule has 1 atom stereocenters. The average molecular weight is 844 g/mol. The Hall–Kier alpha value is -8.27. The molecule has 0 saturated heterocycles. The molecule has 2 aliphatic rings. The molecular weight excluding hydrogens is 799 g/mol. The minimum atomic E-state index is -0.252. The van der Waals surface area contributed by atoms with Crippen LogP contribution in [0.5, 0.6) is 0 Å². The molecule has 1 N–H and O–H groups in total. The Morgan fingerprint density at radius 2 is 1.00 bits per heavy atom. The Labute approximate surface area is 384 Å². The lowest BCUT2D eigenvalue weighted by molar-refractivity contribution is 0.664. The van der Waals surface area contributed by atoms with Gasteiger partial charge in [-0.1, -0.05) is 208 Å². The van der Waals surface area contributed by atoms with Crippen LogP contribution in [0, 0.1) is 0 Å². The number of hydrogen-bond donors (Lipinski definition) is 1. The molecule has 0 fully saturated rings. The summed E-state index contributed by atoms with van der Waals surface area (Å²) in [5, 5.41) is 11.6. The molecule has 1 aliphatic heterocycles. The largest absolute Gasteiger partial charge is 0.360 e. The lowest BCUT2D eigenvalue weighted by Crippen LogP contribution is -2.24. The number of allylic oxidation sites excluding steroid dienone is 1. The smallest absolute Gasteiger partial charge is 0.145 e. The molecular formula is C63H45N3. The van der Waals surface area contributed by atoms with Crippen molar-refractivity contribution in [2.24, 2.45) is 4.99 Å². The average Bonchev–Trinajstić information content (AvgIpc) is 3.85. The third kappa shape index (κ3) is 5.93. The van der Waals surface area contributed by atoms with Gasteiger partial charge < -0.3 is 9.88 Å². The fourth-order valence-corrected chi connectivity index (χ4v) is 11.1. The van der Waals surface area contributed by atoms with Crippen LogP contribution >= 0.6 is 0 Å². The highest BCUT2D eigenvalue weighted by Gasteiger charge is 2.41. The number of rotatable bonds is 6. The molecule has 1 unspecified atom stereocenters. The van der Waals surface area contributed by atoms with Gasteiger partial charge in [0.15, 0.2) is 0 Å². The van der Waals surface area contributed by atoms with Crippen molar-refractivity contribution < 1.29 is 0 Å². The van der Waals surface area contributed by atoms with Crippen LogP contribution in [0.2, 0.25) is 0 Å². The number of nitrogens with one attached hydrogen (secondary N) is 1. The zero-order valence-corrected chi connectivity index (χ0v) is 36.8. The van der Waals surface area contributed by atoms with E-state index in [4.69, 9.17) is 4.99 Å². The third-order valence-electron chi connectivity index (χ3n) is 14.2. The van der Waals surface area contributed by atoms with Gasteiger partial charge in [0.05, 0.1) is 16.7 Å². The molecule has 0 amide bonds. The van der Waals surface area contributed by atoms with Gasteiger partial charge in [0.2, 0.25) is 0 Å². The fourth-order valence-electron chi connectivity index (χ4n) is 11.1. The van der Waals surface area contributed by atoms with Crippen molar-refractivity contribution in [1.82, 2.24) is 9.88 Å². The summed E-state index contributed by atoms with van der Waals surface area (Å²) in [7, 11) is 0. The molecule has 66 heavy (non-hydrogen) atoms. The number of benzene rings is 10. The van der Waals surface area contributed by atoms with E-state index >= 15 is 0 Å². The Balaban J connectivity index is 0.904. The van der Waals surface area contributed by atoms with E-state index in [1.54, 1.807) is 0 Å². The van der Waals surface area contributed by atoms with E-state index in [1.807, 2.05) is 0 Å². The summed E-state index contributed by atoms with van der Waals surface area (Å²) in [5.74, 6) is 0. The fraction of sp³-hybridized carbons (Fsp3) is 0.0635. The van der Waals surface area contributed by atoms with Crippen molar-refractivity contribution in [2.75, 3.05) is 0 Å². The van der Waals surface area contributed by atoms with Crippen molar-refractivity contribution in [3.63, 3.8) is 0 Å². The number of aliphatic imine (C=N–C) groups is 1. The van der Waals surface area contributed by atoms with Gasteiger partial charge in [0, 0.05) is 27.6 Å². The molecule has 0 radical (unpaired) electrons. The molecule has 10 aromatic carbocycles. The minimum absolute atomic E-state index is 0.221. The van der Waals surface area contributed by atoms with Crippen molar-refractivity contribution in [1.29, 1.82) is 0 Å². The van der Waals surface area contributed by atoms with Gasteiger partial charge >= 0.3 is 0 Å². The van der Waals surface area contributed by atoms with Gasteiger partial charge in [-0.3, -0.25) is 4.99 Å². The standard InChI is InChI=1S/C63H45N3/c1-63(2)59-52-26-12-10-23-49(52)48-22-9-11-25-51(48)58(59)54-37-36-53-50-24-13-14-27-57(50)66(61(53)60(54)63)47-34-32-42(33-35-47)45-20-15-21-46(38-45)56-39-55(64-62(65-56)44-18-7-4-8-19-44)43-30-28-41(29-31-43)40-16-5-3-6-17-40/h3-39,62,65H,1-2H3. The molecule has 2 heterocycles. The van der Waals surface area contributed by atoms with Crippen LogP contribution in [0.15, 0.2) is 229 Å². The molecule has 1 aliphatic carbocycles. The van der Waals surface area contributed by atoms with E-state index in [2.05, 4.69) is 248 Å². The molecule has 3 heteroatoms.